The number of hydrogen-bond donors (Lipinski definition) is 0. The molecular weight excluding hydrogens is 874 g/mol. The van der Waals surface area contributed by atoms with Gasteiger partial charge < -0.3 is 9.13 Å². The molecule has 0 fully saturated rings. The summed E-state index contributed by atoms with van der Waals surface area (Å²) in [5.41, 5.74) is -13.4. The molecule has 0 spiro atoms. The van der Waals surface area contributed by atoms with Gasteiger partial charge in [0.15, 0.2) is 0 Å². The van der Waals surface area contributed by atoms with Crippen LogP contribution >= 0.6 is 0 Å². The SMILES string of the molecule is FC(F)(F)c1cccc(-c2c(-n3c4ccc(C(F)(F)F)cc4c4cc(C(F)(F)F)ccc43)cc(C(F)(F)F)cc2-n2c3ccc(C(F)(F)F)cc3c3cc(C(F)(F)F)ccc32)c1. The van der Waals surface area contributed by atoms with Crippen LogP contribution in [0.2, 0.25) is 0 Å². The van der Waals surface area contributed by atoms with E-state index in [0.717, 1.165) is 45.5 Å². The van der Waals surface area contributed by atoms with Gasteiger partial charge in [0.1, 0.15) is 0 Å². The van der Waals surface area contributed by atoms with E-state index in [1.807, 2.05) is 0 Å². The van der Waals surface area contributed by atoms with Crippen molar-refractivity contribution in [3.05, 3.63) is 143 Å². The second kappa shape index (κ2) is 13.6. The summed E-state index contributed by atoms with van der Waals surface area (Å²) in [6.07, 6.45) is -31.0. The largest absolute Gasteiger partial charge is 0.416 e. The Kier molecular flexibility index (Phi) is 9.28. The maximum absolute atomic E-state index is 15.1. The van der Waals surface area contributed by atoms with Gasteiger partial charge in [0.2, 0.25) is 0 Å². The highest BCUT2D eigenvalue weighted by Gasteiger charge is 2.39. The third-order valence-electron chi connectivity index (χ3n) is 10.2. The highest BCUT2D eigenvalue weighted by molar-refractivity contribution is 6.12. The molecule has 0 unspecified atom stereocenters. The molecule has 2 nitrogen and oxygen atoms in total. The van der Waals surface area contributed by atoms with Crippen LogP contribution in [-0.2, 0) is 37.1 Å². The molecule has 0 N–H and O–H groups in total. The number of benzene rings is 6. The number of halogens is 18. The summed E-state index contributed by atoms with van der Waals surface area (Å²) in [5, 5.41) is -2.37. The first-order valence-corrected chi connectivity index (χ1v) is 17.4. The minimum absolute atomic E-state index is 0.366. The van der Waals surface area contributed by atoms with Crippen LogP contribution in [0.3, 0.4) is 0 Å². The van der Waals surface area contributed by atoms with Gasteiger partial charge in [0.25, 0.3) is 0 Å². The van der Waals surface area contributed by atoms with Crippen molar-refractivity contribution in [3.8, 4) is 22.5 Å². The summed E-state index contributed by atoms with van der Waals surface area (Å²) in [7, 11) is 0. The van der Waals surface area contributed by atoms with E-state index in [0.29, 0.717) is 72.8 Å². The van der Waals surface area contributed by atoms with Crippen molar-refractivity contribution in [3.63, 3.8) is 0 Å². The van der Waals surface area contributed by atoms with Gasteiger partial charge in [-0.15, -0.1) is 0 Å². The Balaban J connectivity index is 1.62. The summed E-state index contributed by atoms with van der Waals surface area (Å²) in [5.74, 6) is 0. The van der Waals surface area contributed by atoms with Crippen LogP contribution in [0.1, 0.15) is 33.4 Å². The molecule has 0 aliphatic heterocycles. The van der Waals surface area contributed by atoms with E-state index in [9.17, 15) is 65.9 Å². The third kappa shape index (κ3) is 7.21. The van der Waals surface area contributed by atoms with Gasteiger partial charge in [0.05, 0.1) is 66.8 Å². The van der Waals surface area contributed by atoms with Gasteiger partial charge in [-0.1, -0.05) is 12.1 Å². The van der Waals surface area contributed by atoms with E-state index in [-0.39, 0.29) is 0 Å². The molecule has 2 heterocycles. The van der Waals surface area contributed by atoms with Gasteiger partial charge in [-0.2, -0.15) is 79.0 Å². The molecule has 6 aromatic carbocycles. The number of nitrogens with zero attached hydrogens (tertiary/aromatic N) is 2. The molecule has 0 saturated carbocycles. The lowest BCUT2D eigenvalue weighted by Gasteiger charge is -2.23. The van der Waals surface area contributed by atoms with Gasteiger partial charge >= 0.3 is 37.1 Å². The fourth-order valence-electron chi connectivity index (χ4n) is 7.55. The van der Waals surface area contributed by atoms with E-state index in [1.54, 1.807) is 0 Å². The summed E-state index contributed by atoms with van der Waals surface area (Å²) in [4.78, 5) is 0. The molecule has 0 saturated heterocycles. The smallest absolute Gasteiger partial charge is 0.309 e. The first-order chi connectivity index (χ1) is 28.5. The molecule has 0 aliphatic rings. The minimum atomic E-state index is -5.41. The number of alkyl halides is 18. The number of fused-ring (bicyclic) bond motifs is 6. The normalized spacial score (nSPS) is 13.6. The summed E-state index contributed by atoms with van der Waals surface area (Å²) in [6, 6.07) is 10.0. The molecule has 2 aromatic heterocycles. The zero-order chi connectivity index (χ0) is 45.3. The van der Waals surface area contributed by atoms with Crippen LogP contribution in [0.15, 0.2) is 109 Å². The van der Waals surface area contributed by atoms with Crippen LogP contribution in [0.5, 0.6) is 0 Å². The van der Waals surface area contributed by atoms with Crippen LogP contribution in [0.4, 0.5) is 79.0 Å². The lowest BCUT2D eigenvalue weighted by molar-refractivity contribution is -0.138. The molecule has 8 rings (SSSR count). The monoisotopic (exact) mass is 892 g/mol. The molecule has 0 amide bonds. The van der Waals surface area contributed by atoms with E-state index < -0.39 is 137 Å². The fourth-order valence-corrected chi connectivity index (χ4v) is 7.55. The molecule has 0 atom stereocenters. The Morgan fingerprint density at radius 3 is 0.823 bits per heavy atom. The quantitative estimate of drug-likeness (QED) is 0.156. The van der Waals surface area contributed by atoms with Crippen molar-refractivity contribution in [2.24, 2.45) is 0 Å². The minimum Gasteiger partial charge on any atom is -0.309 e. The first-order valence-electron chi connectivity index (χ1n) is 17.4. The van der Waals surface area contributed by atoms with Crippen molar-refractivity contribution in [1.82, 2.24) is 9.13 Å². The van der Waals surface area contributed by atoms with Gasteiger partial charge in [-0.3, -0.25) is 0 Å². The zero-order valence-corrected chi connectivity index (χ0v) is 30.1. The molecule has 322 valence electrons. The number of aromatic nitrogens is 2. The van der Waals surface area contributed by atoms with E-state index in [1.165, 1.54) is 0 Å². The lowest BCUT2D eigenvalue weighted by atomic mass is 9.96. The second-order valence-corrected chi connectivity index (χ2v) is 14.1. The Hall–Kier alpha value is -6.34. The molecule has 0 radical (unpaired) electrons. The van der Waals surface area contributed by atoms with E-state index in [2.05, 4.69) is 0 Å². The van der Waals surface area contributed by atoms with Crippen molar-refractivity contribution in [2.45, 2.75) is 37.1 Å². The third-order valence-corrected chi connectivity index (χ3v) is 10.2. The topological polar surface area (TPSA) is 9.86 Å². The Labute approximate surface area is 333 Å². The average molecular weight is 893 g/mol. The van der Waals surface area contributed by atoms with Crippen molar-refractivity contribution < 1.29 is 79.0 Å². The molecule has 62 heavy (non-hydrogen) atoms. The van der Waals surface area contributed by atoms with Crippen molar-refractivity contribution in [1.29, 1.82) is 0 Å². The summed E-state index contributed by atoms with van der Waals surface area (Å²) < 4.78 is 258. The van der Waals surface area contributed by atoms with Gasteiger partial charge in [0, 0.05) is 27.1 Å². The van der Waals surface area contributed by atoms with Gasteiger partial charge in [-0.05, 0) is 103 Å². The highest BCUT2D eigenvalue weighted by atomic mass is 19.4. The predicted octanol–water partition coefficient (Wildman–Crippen LogP) is 15.7. The molecule has 0 bridgehead atoms. The molecule has 0 aliphatic carbocycles. The van der Waals surface area contributed by atoms with Crippen LogP contribution in [-0.4, -0.2) is 9.13 Å². The summed E-state index contributed by atoms with van der Waals surface area (Å²) in [6.45, 7) is 0. The van der Waals surface area contributed by atoms with Crippen molar-refractivity contribution >= 4 is 43.6 Å². The van der Waals surface area contributed by atoms with Crippen LogP contribution in [0.25, 0.3) is 66.1 Å². The standard InChI is InChI=1S/C42H18F18N2/c43-37(44,45)20-3-1-2-19(12-20)36-34(61-30-8-4-21(38(46,47)48)13-26(30)27-14-22(39(49,50)51)5-9-31(27)61)17-25(42(58,59)60)18-35(36)62-32-10-6-23(40(52,53)54)15-28(32)29-16-24(41(55,56)57)7-11-33(29)62/h1-18H. The first kappa shape index (κ1) is 42.4. The fraction of sp³-hybridized carbons (Fsp3) is 0.143. The van der Waals surface area contributed by atoms with Gasteiger partial charge in [-0.25, -0.2) is 0 Å². The van der Waals surface area contributed by atoms with Crippen LogP contribution < -0.4 is 0 Å². The molecule has 20 heteroatoms. The highest BCUT2D eigenvalue weighted by Crippen LogP contribution is 2.48. The lowest BCUT2D eigenvalue weighted by Crippen LogP contribution is -2.12. The maximum atomic E-state index is 15.1. The van der Waals surface area contributed by atoms with Crippen molar-refractivity contribution in [2.75, 3.05) is 0 Å². The maximum Gasteiger partial charge on any atom is 0.416 e. The number of rotatable bonds is 3. The number of hydrogen-bond acceptors (Lipinski definition) is 0. The Bertz CT molecular complexity index is 2780. The average Bonchev–Trinajstić information content (AvgIpc) is 3.66. The molecular formula is C42H18F18N2. The predicted molar refractivity (Wildman–Crippen MR) is 191 cm³/mol. The van der Waals surface area contributed by atoms with Crippen LogP contribution in [0, 0.1) is 0 Å². The Morgan fingerprint density at radius 2 is 0.548 bits per heavy atom. The zero-order valence-electron chi connectivity index (χ0n) is 30.1. The van der Waals surface area contributed by atoms with E-state index in [4.69, 9.17) is 0 Å². The Morgan fingerprint density at radius 1 is 0.274 bits per heavy atom. The summed E-state index contributed by atoms with van der Waals surface area (Å²) >= 11 is 0. The van der Waals surface area contributed by atoms with E-state index >= 15 is 13.2 Å². The molecule has 8 aromatic rings. The second-order valence-electron chi connectivity index (χ2n) is 14.1.